The molecule has 0 radical (unpaired) electrons. The van der Waals surface area contributed by atoms with E-state index in [1.165, 1.54) is 18.2 Å². The van der Waals surface area contributed by atoms with E-state index in [-0.39, 0.29) is 12.4 Å². The summed E-state index contributed by atoms with van der Waals surface area (Å²) in [6.45, 7) is 2.50. The molecule has 148 valence electrons. The van der Waals surface area contributed by atoms with Crippen LogP contribution in [0.5, 0.6) is 5.75 Å². The maximum absolute atomic E-state index is 13.2. The van der Waals surface area contributed by atoms with Crippen LogP contribution < -0.4 is 10.1 Å². The third-order valence-electron chi connectivity index (χ3n) is 4.09. The lowest BCUT2D eigenvalue weighted by Crippen LogP contribution is -2.06. The summed E-state index contributed by atoms with van der Waals surface area (Å²) in [7, 11) is 0. The normalized spacial score (nSPS) is 11.0. The minimum absolute atomic E-state index is 0.283. The van der Waals surface area contributed by atoms with Crippen LogP contribution in [0.4, 0.5) is 10.1 Å². The van der Waals surface area contributed by atoms with Crippen LogP contribution >= 0.6 is 0 Å². The lowest BCUT2D eigenvalue weighted by molar-refractivity contribution is -0.137. The van der Waals surface area contributed by atoms with Crippen molar-refractivity contribution in [1.29, 1.82) is 0 Å². The molecule has 1 N–H and O–H groups in total. The number of halogens is 1. The number of esters is 1. The Morgan fingerprint density at radius 3 is 2.31 bits per heavy atom. The van der Waals surface area contributed by atoms with Crippen molar-refractivity contribution >= 4 is 17.4 Å². The van der Waals surface area contributed by atoms with Crippen LogP contribution in [0.2, 0.25) is 0 Å². The van der Waals surface area contributed by atoms with Gasteiger partial charge in [0.15, 0.2) is 0 Å². The Labute approximate surface area is 169 Å². The highest BCUT2D eigenvalue weighted by molar-refractivity contribution is 5.94. The Kier molecular flexibility index (Phi) is 7.00. The van der Waals surface area contributed by atoms with E-state index in [1.807, 2.05) is 54.6 Å². The standard InChI is InChI=1S/C24H22FNO3/c1-2-28-24(27)16-23(26-21-12-10-20(25)11-13-21)19-8-14-22(15-9-19)29-17-18-6-4-3-5-7-18/h3-16,26H,2,17H2,1H3/b23-16+. The minimum Gasteiger partial charge on any atom is -0.489 e. The number of anilines is 1. The molecule has 0 unspecified atom stereocenters. The molecule has 0 saturated heterocycles. The monoisotopic (exact) mass is 391 g/mol. The molecule has 5 heteroatoms. The fraction of sp³-hybridized carbons (Fsp3) is 0.125. The number of benzene rings is 3. The summed E-state index contributed by atoms with van der Waals surface area (Å²) < 4.78 is 24.0. The molecule has 0 saturated carbocycles. The summed E-state index contributed by atoms with van der Waals surface area (Å²) >= 11 is 0. The second-order valence-corrected chi connectivity index (χ2v) is 6.24. The van der Waals surface area contributed by atoms with Gasteiger partial charge in [0.25, 0.3) is 0 Å². The summed E-state index contributed by atoms with van der Waals surface area (Å²) in [5.74, 6) is -0.0669. The zero-order valence-corrected chi connectivity index (χ0v) is 16.1. The smallest absolute Gasteiger partial charge is 0.332 e. The Morgan fingerprint density at radius 2 is 1.66 bits per heavy atom. The van der Waals surface area contributed by atoms with E-state index in [9.17, 15) is 9.18 Å². The summed E-state index contributed by atoms with van der Waals surface area (Å²) in [6, 6.07) is 23.2. The van der Waals surface area contributed by atoms with Gasteiger partial charge in [-0.05, 0) is 66.6 Å². The van der Waals surface area contributed by atoms with Gasteiger partial charge in [0, 0.05) is 11.8 Å². The molecule has 3 rings (SSSR count). The van der Waals surface area contributed by atoms with Gasteiger partial charge in [0.1, 0.15) is 18.2 Å². The fourth-order valence-corrected chi connectivity index (χ4v) is 2.65. The first-order valence-electron chi connectivity index (χ1n) is 9.32. The maximum atomic E-state index is 13.2. The van der Waals surface area contributed by atoms with Gasteiger partial charge in [-0.3, -0.25) is 0 Å². The molecule has 0 aliphatic rings. The highest BCUT2D eigenvalue weighted by Crippen LogP contribution is 2.22. The van der Waals surface area contributed by atoms with Gasteiger partial charge in [-0.2, -0.15) is 0 Å². The molecule has 29 heavy (non-hydrogen) atoms. The number of hydrogen-bond acceptors (Lipinski definition) is 4. The van der Waals surface area contributed by atoms with Crippen LogP contribution in [0.3, 0.4) is 0 Å². The summed E-state index contributed by atoms with van der Waals surface area (Å²) in [5, 5.41) is 3.14. The zero-order valence-electron chi connectivity index (χ0n) is 16.1. The largest absolute Gasteiger partial charge is 0.489 e. The maximum Gasteiger partial charge on any atom is 0.332 e. The Bertz CT molecular complexity index is 952. The van der Waals surface area contributed by atoms with Crippen LogP contribution in [-0.4, -0.2) is 12.6 Å². The Balaban J connectivity index is 1.75. The van der Waals surface area contributed by atoms with Gasteiger partial charge in [-0.15, -0.1) is 0 Å². The van der Waals surface area contributed by atoms with Crippen LogP contribution in [0.25, 0.3) is 5.70 Å². The van der Waals surface area contributed by atoms with Gasteiger partial charge in [0.2, 0.25) is 0 Å². The van der Waals surface area contributed by atoms with Crippen molar-refractivity contribution < 1.29 is 18.7 Å². The predicted molar refractivity (Wildman–Crippen MR) is 112 cm³/mol. The molecule has 0 aliphatic carbocycles. The quantitative estimate of drug-likeness (QED) is 0.411. The first-order chi connectivity index (χ1) is 14.1. The van der Waals surface area contributed by atoms with E-state index < -0.39 is 5.97 Å². The van der Waals surface area contributed by atoms with E-state index in [0.717, 1.165) is 16.9 Å². The summed E-state index contributed by atoms with van der Waals surface area (Å²) in [4.78, 5) is 12.0. The van der Waals surface area contributed by atoms with E-state index in [1.54, 1.807) is 19.1 Å². The average Bonchev–Trinajstić information content (AvgIpc) is 2.75. The number of nitrogens with one attached hydrogen (secondary N) is 1. The average molecular weight is 391 g/mol. The molecule has 0 spiro atoms. The summed E-state index contributed by atoms with van der Waals surface area (Å²) in [5.41, 5.74) is 3.06. The Hall–Kier alpha value is -3.60. The van der Waals surface area contributed by atoms with Gasteiger partial charge in [0.05, 0.1) is 12.3 Å². The van der Waals surface area contributed by atoms with Crippen LogP contribution in [-0.2, 0) is 16.1 Å². The van der Waals surface area contributed by atoms with Crippen LogP contribution in [0, 0.1) is 5.82 Å². The minimum atomic E-state index is -0.457. The SMILES string of the molecule is CCOC(=O)/C=C(/Nc1ccc(F)cc1)c1ccc(OCc2ccccc2)cc1. The van der Waals surface area contributed by atoms with Crippen molar-refractivity contribution in [1.82, 2.24) is 0 Å². The topological polar surface area (TPSA) is 47.6 Å². The van der Waals surface area contributed by atoms with E-state index in [0.29, 0.717) is 18.0 Å². The van der Waals surface area contributed by atoms with Gasteiger partial charge < -0.3 is 14.8 Å². The highest BCUT2D eigenvalue weighted by Gasteiger charge is 2.08. The number of carbonyl (C=O) groups excluding carboxylic acids is 1. The molecule has 0 bridgehead atoms. The van der Waals surface area contributed by atoms with Crippen molar-refractivity contribution in [3.63, 3.8) is 0 Å². The number of carbonyl (C=O) groups is 1. The molecular formula is C24H22FNO3. The lowest BCUT2D eigenvalue weighted by Gasteiger charge is -2.13. The van der Waals surface area contributed by atoms with Crippen LogP contribution in [0.15, 0.2) is 84.9 Å². The Morgan fingerprint density at radius 1 is 0.966 bits per heavy atom. The molecule has 0 amide bonds. The van der Waals surface area contributed by atoms with Crippen LogP contribution in [0.1, 0.15) is 18.1 Å². The predicted octanol–water partition coefficient (Wildman–Crippen LogP) is 5.42. The van der Waals surface area contributed by atoms with Gasteiger partial charge in [-0.1, -0.05) is 30.3 Å². The van der Waals surface area contributed by atoms with Crippen molar-refractivity contribution in [2.75, 3.05) is 11.9 Å². The van der Waals surface area contributed by atoms with E-state index in [2.05, 4.69) is 5.32 Å². The van der Waals surface area contributed by atoms with Crippen molar-refractivity contribution in [2.24, 2.45) is 0 Å². The second-order valence-electron chi connectivity index (χ2n) is 6.24. The third kappa shape index (κ3) is 6.21. The molecule has 0 atom stereocenters. The number of hydrogen-bond donors (Lipinski definition) is 1. The molecule has 0 heterocycles. The van der Waals surface area contributed by atoms with Crippen molar-refractivity contribution in [2.45, 2.75) is 13.5 Å². The first-order valence-corrected chi connectivity index (χ1v) is 9.32. The molecule has 3 aromatic rings. The molecular weight excluding hydrogens is 369 g/mol. The molecule has 0 aromatic heterocycles. The van der Waals surface area contributed by atoms with E-state index in [4.69, 9.17) is 9.47 Å². The molecule has 4 nitrogen and oxygen atoms in total. The number of rotatable bonds is 8. The molecule has 3 aromatic carbocycles. The second kappa shape index (κ2) is 10.1. The lowest BCUT2D eigenvalue weighted by atomic mass is 10.1. The summed E-state index contributed by atoms with van der Waals surface area (Å²) in [6.07, 6.45) is 1.38. The molecule has 0 aliphatic heterocycles. The van der Waals surface area contributed by atoms with Crippen molar-refractivity contribution in [3.05, 3.63) is 102 Å². The van der Waals surface area contributed by atoms with Gasteiger partial charge in [-0.25, -0.2) is 9.18 Å². The van der Waals surface area contributed by atoms with E-state index >= 15 is 0 Å². The van der Waals surface area contributed by atoms with Gasteiger partial charge >= 0.3 is 5.97 Å². The fourth-order valence-electron chi connectivity index (χ4n) is 2.65. The molecule has 0 fully saturated rings. The first kappa shape index (κ1) is 20.1. The zero-order chi connectivity index (χ0) is 20.5. The number of ether oxygens (including phenoxy) is 2. The van der Waals surface area contributed by atoms with Crippen molar-refractivity contribution in [3.8, 4) is 5.75 Å². The highest BCUT2D eigenvalue weighted by atomic mass is 19.1. The third-order valence-corrected chi connectivity index (χ3v) is 4.09.